The number of hydrogen-bond donors (Lipinski definition) is 1. The molecular formula is C16H13NO2S. The highest BCUT2D eigenvalue weighted by Crippen LogP contribution is 2.29. The molecule has 0 spiro atoms. The maximum atomic E-state index is 12.0. The lowest BCUT2D eigenvalue weighted by Gasteiger charge is -2.08. The Kier molecular flexibility index (Phi) is 3.39. The molecule has 1 aliphatic heterocycles. The minimum Gasteiger partial charge on any atom is -0.496 e. The van der Waals surface area contributed by atoms with Crippen molar-refractivity contribution in [2.24, 2.45) is 0 Å². The monoisotopic (exact) mass is 283 g/mol. The van der Waals surface area contributed by atoms with Crippen LogP contribution in [0, 0.1) is 0 Å². The van der Waals surface area contributed by atoms with E-state index in [0.29, 0.717) is 5.57 Å². The van der Waals surface area contributed by atoms with Crippen LogP contribution in [0.4, 0.5) is 0 Å². The van der Waals surface area contributed by atoms with Crippen molar-refractivity contribution in [3.05, 3.63) is 63.9 Å². The van der Waals surface area contributed by atoms with Crippen LogP contribution in [-0.2, 0) is 4.79 Å². The molecule has 100 valence electrons. The molecule has 2 heterocycles. The Bertz CT molecular complexity index is 699. The first-order chi connectivity index (χ1) is 9.78. The van der Waals surface area contributed by atoms with Crippen molar-refractivity contribution >= 4 is 29.0 Å². The van der Waals surface area contributed by atoms with E-state index in [9.17, 15) is 4.79 Å². The molecule has 1 aromatic heterocycles. The third-order valence-corrected chi connectivity index (χ3v) is 3.87. The molecule has 0 saturated heterocycles. The van der Waals surface area contributed by atoms with Crippen molar-refractivity contribution in [2.75, 3.05) is 7.11 Å². The summed E-state index contributed by atoms with van der Waals surface area (Å²) in [5.74, 6) is 0.663. The van der Waals surface area contributed by atoms with Gasteiger partial charge in [0.2, 0.25) is 0 Å². The van der Waals surface area contributed by atoms with E-state index in [2.05, 4.69) is 5.32 Å². The first kappa shape index (κ1) is 12.7. The molecule has 1 amide bonds. The van der Waals surface area contributed by atoms with Gasteiger partial charge in [0, 0.05) is 16.0 Å². The SMILES string of the molecule is COc1ccccc1C1=CC(=Cc2cccs2)C(=O)N1. The summed E-state index contributed by atoms with van der Waals surface area (Å²) in [5.41, 5.74) is 2.32. The Morgan fingerprint density at radius 3 is 2.80 bits per heavy atom. The van der Waals surface area contributed by atoms with Crippen molar-refractivity contribution in [3.63, 3.8) is 0 Å². The minimum atomic E-state index is -0.0840. The van der Waals surface area contributed by atoms with Crippen LogP contribution < -0.4 is 10.1 Å². The molecule has 3 rings (SSSR count). The highest BCUT2D eigenvalue weighted by atomic mass is 32.1. The van der Waals surface area contributed by atoms with Crippen molar-refractivity contribution in [3.8, 4) is 5.75 Å². The van der Waals surface area contributed by atoms with Gasteiger partial charge in [-0.2, -0.15) is 0 Å². The number of rotatable bonds is 3. The van der Waals surface area contributed by atoms with Crippen molar-refractivity contribution in [1.29, 1.82) is 0 Å². The highest BCUT2D eigenvalue weighted by Gasteiger charge is 2.21. The van der Waals surface area contributed by atoms with Crippen LogP contribution in [0.3, 0.4) is 0 Å². The summed E-state index contributed by atoms with van der Waals surface area (Å²) in [4.78, 5) is 13.1. The number of nitrogens with one attached hydrogen (secondary N) is 1. The maximum absolute atomic E-state index is 12.0. The number of ether oxygens (including phenoxy) is 1. The molecule has 2 aromatic rings. The Morgan fingerprint density at radius 1 is 1.20 bits per heavy atom. The van der Waals surface area contributed by atoms with Gasteiger partial charge in [0.1, 0.15) is 5.75 Å². The summed E-state index contributed by atoms with van der Waals surface area (Å²) >= 11 is 1.61. The fourth-order valence-electron chi connectivity index (χ4n) is 2.10. The number of thiophene rings is 1. The van der Waals surface area contributed by atoms with E-state index in [1.54, 1.807) is 18.4 Å². The lowest BCUT2D eigenvalue weighted by Crippen LogP contribution is -2.16. The predicted octanol–water partition coefficient (Wildman–Crippen LogP) is 3.31. The average Bonchev–Trinajstić information content (AvgIpc) is 3.10. The molecule has 0 aliphatic carbocycles. The lowest BCUT2D eigenvalue weighted by atomic mass is 10.1. The van der Waals surface area contributed by atoms with Gasteiger partial charge in [-0.15, -0.1) is 11.3 Å². The Morgan fingerprint density at radius 2 is 2.05 bits per heavy atom. The number of benzene rings is 1. The van der Waals surface area contributed by atoms with Crippen LogP contribution in [0.1, 0.15) is 10.4 Å². The molecule has 20 heavy (non-hydrogen) atoms. The number of hydrogen-bond acceptors (Lipinski definition) is 3. The molecule has 1 N–H and O–H groups in total. The molecule has 4 heteroatoms. The average molecular weight is 283 g/mol. The summed E-state index contributed by atoms with van der Waals surface area (Å²) in [6.07, 6.45) is 3.75. The number of carbonyl (C=O) groups is 1. The van der Waals surface area contributed by atoms with Crippen LogP contribution in [0.5, 0.6) is 5.75 Å². The predicted molar refractivity (Wildman–Crippen MR) is 81.4 cm³/mol. The normalized spacial score (nSPS) is 16.1. The number of amides is 1. The second-order valence-electron chi connectivity index (χ2n) is 4.33. The number of carbonyl (C=O) groups excluding carboxylic acids is 1. The second kappa shape index (κ2) is 5.35. The standard InChI is InChI=1S/C16H13NO2S/c1-19-15-7-3-2-6-13(15)14-10-11(16(18)17-14)9-12-5-4-8-20-12/h2-10H,1H3,(H,17,18). The highest BCUT2D eigenvalue weighted by molar-refractivity contribution is 7.10. The van der Waals surface area contributed by atoms with E-state index in [4.69, 9.17) is 4.74 Å². The van der Waals surface area contributed by atoms with Crippen LogP contribution in [0.2, 0.25) is 0 Å². The van der Waals surface area contributed by atoms with E-state index in [1.807, 2.05) is 53.9 Å². The van der Waals surface area contributed by atoms with Gasteiger partial charge >= 0.3 is 0 Å². The van der Waals surface area contributed by atoms with Crippen LogP contribution in [-0.4, -0.2) is 13.0 Å². The molecule has 0 fully saturated rings. The molecule has 0 atom stereocenters. The Balaban J connectivity index is 1.98. The Labute approximate surface area is 121 Å². The summed E-state index contributed by atoms with van der Waals surface area (Å²) in [5, 5.41) is 4.88. The quantitative estimate of drug-likeness (QED) is 0.878. The molecule has 0 bridgehead atoms. The third-order valence-electron chi connectivity index (χ3n) is 3.05. The minimum absolute atomic E-state index is 0.0840. The summed E-state index contributed by atoms with van der Waals surface area (Å²) in [6.45, 7) is 0. The number of para-hydroxylation sites is 1. The molecule has 0 radical (unpaired) electrons. The summed E-state index contributed by atoms with van der Waals surface area (Å²) in [7, 11) is 1.62. The van der Waals surface area contributed by atoms with Crippen molar-refractivity contribution < 1.29 is 9.53 Å². The maximum Gasteiger partial charge on any atom is 0.255 e. The largest absolute Gasteiger partial charge is 0.496 e. The first-order valence-corrected chi connectivity index (χ1v) is 7.07. The van der Waals surface area contributed by atoms with Crippen molar-refractivity contribution in [1.82, 2.24) is 5.32 Å². The summed E-state index contributed by atoms with van der Waals surface area (Å²) in [6, 6.07) is 11.6. The van der Waals surface area contributed by atoms with E-state index in [0.717, 1.165) is 21.9 Å². The van der Waals surface area contributed by atoms with Gasteiger partial charge in [0.05, 0.1) is 12.8 Å². The topological polar surface area (TPSA) is 38.3 Å². The van der Waals surface area contributed by atoms with Crippen molar-refractivity contribution in [2.45, 2.75) is 0 Å². The van der Waals surface area contributed by atoms with Gasteiger partial charge in [0.25, 0.3) is 5.91 Å². The lowest BCUT2D eigenvalue weighted by molar-refractivity contribution is -0.115. The van der Waals surface area contributed by atoms with Crippen LogP contribution in [0.25, 0.3) is 11.8 Å². The fraction of sp³-hybridized carbons (Fsp3) is 0.0625. The van der Waals surface area contributed by atoms with E-state index in [-0.39, 0.29) is 5.91 Å². The van der Waals surface area contributed by atoms with Gasteiger partial charge < -0.3 is 10.1 Å². The smallest absolute Gasteiger partial charge is 0.255 e. The van der Waals surface area contributed by atoms with E-state index < -0.39 is 0 Å². The number of methoxy groups -OCH3 is 1. The molecule has 1 aliphatic rings. The van der Waals surface area contributed by atoms with Gasteiger partial charge in [-0.25, -0.2) is 0 Å². The zero-order valence-corrected chi connectivity index (χ0v) is 11.7. The Hall–Kier alpha value is -2.33. The molecular weight excluding hydrogens is 270 g/mol. The van der Waals surface area contributed by atoms with Gasteiger partial charge in [-0.1, -0.05) is 18.2 Å². The second-order valence-corrected chi connectivity index (χ2v) is 5.31. The summed E-state index contributed by atoms with van der Waals surface area (Å²) < 4.78 is 5.32. The van der Waals surface area contributed by atoms with Gasteiger partial charge in [-0.3, -0.25) is 4.79 Å². The zero-order valence-electron chi connectivity index (χ0n) is 10.9. The molecule has 0 saturated carbocycles. The fourth-order valence-corrected chi connectivity index (χ4v) is 2.76. The van der Waals surface area contributed by atoms with Crippen LogP contribution in [0.15, 0.2) is 53.4 Å². The first-order valence-electron chi connectivity index (χ1n) is 6.19. The van der Waals surface area contributed by atoms with Gasteiger partial charge in [-0.05, 0) is 35.7 Å². The third kappa shape index (κ3) is 2.38. The van der Waals surface area contributed by atoms with E-state index >= 15 is 0 Å². The zero-order chi connectivity index (χ0) is 13.9. The molecule has 3 nitrogen and oxygen atoms in total. The van der Waals surface area contributed by atoms with E-state index in [1.165, 1.54) is 0 Å². The molecule has 1 aromatic carbocycles. The molecule has 0 unspecified atom stereocenters. The van der Waals surface area contributed by atoms with Gasteiger partial charge in [0.15, 0.2) is 0 Å². The van der Waals surface area contributed by atoms with Crippen LogP contribution >= 0.6 is 11.3 Å².